The van der Waals surface area contributed by atoms with Crippen LogP contribution in [0.3, 0.4) is 0 Å². The number of hydrogen-bond acceptors (Lipinski definition) is 3. The van der Waals surface area contributed by atoms with Crippen LogP contribution in [0.5, 0.6) is 0 Å². The van der Waals surface area contributed by atoms with Crippen molar-refractivity contribution >= 4 is 0 Å². The largest absolute Gasteiger partial charge is 0.316 e. The molecule has 0 radical (unpaired) electrons. The van der Waals surface area contributed by atoms with Gasteiger partial charge in [-0.15, -0.1) is 0 Å². The van der Waals surface area contributed by atoms with Crippen LogP contribution in [0, 0.1) is 19.8 Å². The van der Waals surface area contributed by atoms with Crippen LogP contribution in [-0.2, 0) is 0 Å². The molecule has 0 saturated carbocycles. The van der Waals surface area contributed by atoms with Gasteiger partial charge in [0, 0.05) is 0 Å². The molecule has 0 spiro atoms. The van der Waals surface area contributed by atoms with Crippen LogP contribution in [-0.4, -0.2) is 27.9 Å². The fraction of sp³-hybridized carbons (Fsp3) is 0.833. The summed E-state index contributed by atoms with van der Waals surface area (Å²) in [6, 6.07) is 0.394. The molecule has 1 aromatic heterocycles. The van der Waals surface area contributed by atoms with E-state index in [2.05, 4.69) is 36.2 Å². The molecule has 1 heterocycles. The quantitative estimate of drug-likeness (QED) is 0.752. The minimum absolute atomic E-state index is 0.394. The molecule has 0 amide bonds. The standard InChI is InChI=1S/C12H24N4/c1-6-7-13-8-9(2)10(3)16-12(5)14-11(4)15-16/h9-10,13H,6-8H2,1-5H3. The zero-order chi connectivity index (χ0) is 12.1. The molecule has 0 bridgehead atoms. The van der Waals surface area contributed by atoms with Crippen molar-refractivity contribution in [2.24, 2.45) is 5.92 Å². The van der Waals surface area contributed by atoms with E-state index in [0.29, 0.717) is 12.0 Å². The maximum Gasteiger partial charge on any atom is 0.147 e. The van der Waals surface area contributed by atoms with Gasteiger partial charge >= 0.3 is 0 Å². The average Bonchev–Trinajstić information content (AvgIpc) is 2.57. The molecular weight excluding hydrogens is 200 g/mol. The minimum atomic E-state index is 0.394. The molecule has 4 heteroatoms. The Bertz CT molecular complexity index is 319. The Labute approximate surface area is 98.5 Å². The second-order valence-corrected chi connectivity index (χ2v) is 4.57. The summed E-state index contributed by atoms with van der Waals surface area (Å²) < 4.78 is 2.04. The highest BCUT2D eigenvalue weighted by Crippen LogP contribution is 2.17. The SMILES string of the molecule is CCCNCC(C)C(C)n1nc(C)nc1C. The van der Waals surface area contributed by atoms with Gasteiger partial charge < -0.3 is 5.32 Å². The molecule has 0 saturated heterocycles. The summed E-state index contributed by atoms with van der Waals surface area (Å²) in [5.41, 5.74) is 0. The highest BCUT2D eigenvalue weighted by Gasteiger charge is 2.17. The van der Waals surface area contributed by atoms with Crippen molar-refractivity contribution < 1.29 is 0 Å². The molecule has 92 valence electrons. The van der Waals surface area contributed by atoms with Gasteiger partial charge in [-0.2, -0.15) is 5.10 Å². The summed E-state index contributed by atoms with van der Waals surface area (Å²) in [6.45, 7) is 12.7. The molecule has 1 rings (SSSR count). The van der Waals surface area contributed by atoms with Crippen LogP contribution in [0.25, 0.3) is 0 Å². The van der Waals surface area contributed by atoms with Crippen LogP contribution < -0.4 is 5.32 Å². The van der Waals surface area contributed by atoms with E-state index in [1.165, 1.54) is 6.42 Å². The Kier molecular flexibility index (Phi) is 4.93. The number of rotatable bonds is 6. The Morgan fingerprint density at radius 1 is 1.31 bits per heavy atom. The van der Waals surface area contributed by atoms with Crippen LogP contribution in [0.4, 0.5) is 0 Å². The van der Waals surface area contributed by atoms with Gasteiger partial charge in [0.15, 0.2) is 0 Å². The van der Waals surface area contributed by atoms with E-state index in [9.17, 15) is 0 Å². The van der Waals surface area contributed by atoms with E-state index in [1.807, 2.05) is 18.5 Å². The van der Waals surface area contributed by atoms with Crippen LogP contribution in [0.1, 0.15) is 44.9 Å². The van der Waals surface area contributed by atoms with Crippen molar-refractivity contribution in [3.63, 3.8) is 0 Å². The zero-order valence-electron chi connectivity index (χ0n) is 11.1. The lowest BCUT2D eigenvalue weighted by Crippen LogP contribution is -2.28. The minimum Gasteiger partial charge on any atom is -0.316 e. The van der Waals surface area contributed by atoms with Crippen molar-refractivity contribution in [2.75, 3.05) is 13.1 Å². The molecule has 0 aliphatic rings. The highest BCUT2D eigenvalue weighted by molar-refractivity contribution is 4.90. The summed E-state index contributed by atoms with van der Waals surface area (Å²) in [5, 5.41) is 7.89. The van der Waals surface area contributed by atoms with Crippen LogP contribution in [0.2, 0.25) is 0 Å². The van der Waals surface area contributed by atoms with E-state index in [4.69, 9.17) is 0 Å². The lowest BCUT2D eigenvalue weighted by atomic mass is 10.0. The Morgan fingerprint density at radius 3 is 2.50 bits per heavy atom. The summed E-state index contributed by atoms with van der Waals surface area (Å²) >= 11 is 0. The monoisotopic (exact) mass is 224 g/mol. The maximum atomic E-state index is 4.44. The number of aryl methyl sites for hydroxylation is 2. The Hall–Kier alpha value is -0.900. The normalized spacial score (nSPS) is 15.1. The average molecular weight is 224 g/mol. The van der Waals surface area contributed by atoms with E-state index in [1.54, 1.807) is 0 Å². The first kappa shape index (κ1) is 13.2. The van der Waals surface area contributed by atoms with E-state index < -0.39 is 0 Å². The van der Waals surface area contributed by atoms with E-state index in [0.717, 1.165) is 24.7 Å². The number of hydrogen-bond donors (Lipinski definition) is 1. The molecule has 1 N–H and O–H groups in total. The molecule has 0 aliphatic carbocycles. The van der Waals surface area contributed by atoms with Gasteiger partial charge in [-0.1, -0.05) is 13.8 Å². The van der Waals surface area contributed by atoms with Gasteiger partial charge in [-0.3, -0.25) is 0 Å². The third-order valence-electron chi connectivity index (χ3n) is 3.01. The molecule has 16 heavy (non-hydrogen) atoms. The molecule has 2 unspecified atom stereocenters. The van der Waals surface area contributed by atoms with E-state index in [-0.39, 0.29) is 0 Å². The van der Waals surface area contributed by atoms with Gasteiger partial charge in [-0.25, -0.2) is 9.67 Å². The van der Waals surface area contributed by atoms with Crippen LogP contribution in [0.15, 0.2) is 0 Å². The molecule has 4 nitrogen and oxygen atoms in total. The Morgan fingerprint density at radius 2 is 2.00 bits per heavy atom. The number of nitrogens with one attached hydrogen (secondary N) is 1. The highest BCUT2D eigenvalue weighted by atomic mass is 15.4. The fourth-order valence-corrected chi connectivity index (χ4v) is 1.84. The van der Waals surface area contributed by atoms with Crippen molar-refractivity contribution in [2.45, 2.75) is 47.1 Å². The summed E-state index contributed by atoms with van der Waals surface area (Å²) in [4.78, 5) is 4.34. The molecule has 0 aromatic carbocycles. The third kappa shape index (κ3) is 3.30. The first-order chi connectivity index (χ1) is 7.56. The van der Waals surface area contributed by atoms with Gasteiger partial charge in [0.1, 0.15) is 11.6 Å². The molecule has 0 aliphatic heterocycles. The van der Waals surface area contributed by atoms with Gasteiger partial charge in [0.25, 0.3) is 0 Å². The summed E-state index contributed by atoms with van der Waals surface area (Å²) in [5.74, 6) is 2.43. The van der Waals surface area contributed by atoms with Crippen LogP contribution >= 0.6 is 0 Å². The molecule has 2 atom stereocenters. The molecule has 0 fully saturated rings. The van der Waals surface area contributed by atoms with Gasteiger partial charge in [0.2, 0.25) is 0 Å². The predicted octanol–water partition coefficient (Wildman–Crippen LogP) is 2.09. The summed E-state index contributed by atoms with van der Waals surface area (Å²) in [6.07, 6.45) is 1.18. The second kappa shape index (κ2) is 5.99. The van der Waals surface area contributed by atoms with Crippen molar-refractivity contribution in [3.8, 4) is 0 Å². The fourth-order valence-electron chi connectivity index (χ4n) is 1.84. The molecular formula is C12H24N4. The maximum absolute atomic E-state index is 4.44. The van der Waals surface area contributed by atoms with Gasteiger partial charge in [-0.05, 0) is 46.2 Å². The first-order valence-corrected chi connectivity index (χ1v) is 6.16. The van der Waals surface area contributed by atoms with Crippen molar-refractivity contribution in [1.82, 2.24) is 20.1 Å². The smallest absolute Gasteiger partial charge is 0.147 e. The second-order valence-electron chi connectivity index (χ2n) is 4.57. The number of aromatic nitrogens is 3. The Balaban J connectivity index is 2.56. The number of nitrogens with zero attached hydrogens (tertiary/aromatic N) is 3. The predicted molar refractivity (Wildman–Crippen MR) is 66.5 cm³/mol. The summed E-state index contributed by atoms with van der Waals surface area (Å²) in [7, 11) is 0. The zero-order valence-corrected chi connectivity index (χ0v) is 11.1. The van der Waals surface area contributed by atoms with Crippen molar-refractivity contribution in [3.05, 3.63) is 11.6 Å². The van der Waals surface area contributed by atoms with Gasteiger partial charge in [0.05, 0.1) is 6.04 Å². The molecule has 1 aromatic rings. The third-order valence-corrected chi connectivity index (χ3v) is 3.01. The van der Waals surface area contributed by atoms with E-state index >= 15 is 0 Å². The first-order valence-electron chi connectivity index (χ1n) is 6.16. The lowest BCUT2D eigenvalue weighted by Gasteiger charge is -2.21. The van der Waals surface area contributed by atoms with Crippen molar-refractivity contribution in [1.29, 1.82) is 0 Å². The topological polar surface area (TPSA) is 42.7 Å². The lowest BCUT2D eigenvalue weighted by molar-refractivity contribution is 0.331.